The highest BCUT2D eigenvalue weighted by molar-refractivity contribution is 14.0. The zero-order chi connectivity index (χ0) is 19.7. The van der Waals surface area contributed by atoms with Gasteiger partial charge in [-0.05, 0) is 50.3 Å². The molecule has 0 saturated carbocycles. The summed E-state index contributed by atoms with van der Waals surface area (Å²) >= 11 is 1.69. The van der Waals surface area contributed by atoms with E-state index in [9.17, 15) is 4.39 Å². The summed E-state index contributed by atoms with van der Waals surface area (Å²) in [6.07, 6.45) is 2.03. The van der Waals surface area contributed by atoms with Crippen LogP contribution in [0.5, 0.6) is 0 Å². The van der Waals surface area contributed by atoms with Crippen molar-refractivity contribution >= 4 is 41.7 Å². The van der Waals surface area contributed by atoms with E-state index in [4.69, 9.17) is 9.73 Å². The summed E-state index contributed by atoms with van der Waals surface area (Å²) < 4.78 is 19.0. The van der Waals surface area contributed by atoms with Crippen molar-refractivity contribution in [1.29, 1.82) is 0 Å². The summed E-state index contributed by atoms with van der Waals surface area (Å²) in [5, 5.41) is 6.78. The van der Waals surface area contributed by atoms with Crippen LogP contribution in [0.3, 0.4) is 0 Å². The Hall–Kier alpha value is -0.580. The molecule has 8 heteroatoms. The predicted octanol–water partition coefficient (Wildman–Crippen LogP) is 3.47. The van der Waals surface area contributed by atoms with Gasteiger partial charge in [-0.25, -0.2) is 9.38 Å². The molecule has 2 N–H and O–H groups in total. The van der Waals surface area contributed by atoms with Gasteiger partial charge in [0.1, 0.15) is 5.82 Å². The molecular weight excluding hydrogens is 490 g/mol. The van der Waals surface area contributed by atoms with Crippen LogP contribution in [-0.4, -0.2) is 62.0 Å². The van der Waals surface area contributed by atoms with Gasteiger partial charge in [0, 0.05) is 37.5 Å². The van der Waals surface area contributed by atoms with Gasteiger partial charge in [-0.1, -0.05) is 6.07 Å². The summed E-state index contributed by atoms with van der Waals surface area (Å²) in [4.78, 5) is 7.17. The van der Waals surface area contributed by atoms with Gasteiger partial charge in [0.2, 0.25) is 0 Å². The Bertz CT molecular complexity index is 624. The molecule has 1 aromatic rings. The number of halogens is 2. The lowest BCUT2D eigenvalue weighted by Gasteiger charge is -2.41. The summed E-state index contributed by atoms with van der Waals surface area (Å²) in [5.74, 6) is 1.39. The van der Waals surface area contributed by atoms with Gasteiger partial charge in [-0.15, -0.1) is 24.0 Å². The molecule has 0 spiro atoms. The summed E-state index contributed by atoms with van der Waals surface area (Å²) in [6, 6.07) is 4.96. The summed E-state index contributed by atoms with van der Waals surface area (Å²) in [6.45, 7) is 12.2. The highest BCUT2D eigenvalue weighted by Gasteiger charge is 2.28. The molecule has 1 aliphatic rings. The first-order valence-electron chi connectivity index (χ1n) is 9.57. The highest BCUT2D eigenvalue weighted by atomic mass is 127. The molecular formula is C20H34FIN4OS. The lowest BCUT2D eigenvalue weighted by Crippen LogP contribution is -2.56. The van der Waals surface area contributed by atoms with Crippen molar-refractivity contribution in [3.8, 4) is 0 Å². The molecule has 0 atom stereocenters. The van der Waals surface area contributed by atoms with Crippen molar-refractivity contribution in [2.24, 2.45) is 4.99 Å². The maximum Gasteiger partial charge on any atom is 0.191 e. The molecule has 1 aromatic carbocycles. The van der Waals surface area contributed by atoms with Crippen LogP contribution in [0.15, 0.2) is 23.2 Å². The van der Waals surface area contributed by atoms with Crippen LogP contribution in [0, 0.1) is 5.82 Å². The first kappa shape index (κ1) is 25.5. The van der Waals surface area contributed by atoms with Gasteiger partial charge in [-0.3, -0.25) is 4.90 Å². The first-order valence-corrected chi connectivity index (χ1v) is 11.0. The van der Waals surface area contributed by atoms with Gasteiger partial charge >= 0.3 is 0 Å². The summed E-state index contributed by atoms with van der Waals surface area (Å²) in [7, 11) is 0. The van der Waals surface area contributed by atoms with Crippen LogP contribution in [0.2, 0.25) is 0 Å². The molecule has 160 valence electrons. The first-order chi connectivity index (χ1) is 13.0. The van der Waals surface area contributed by atoms with E-state index in [1.165, 1.54) is 6.07 Å². The average Bonchev–Trinajstić information content (AvgIpc) is 2.66. The van der Waals surface area contributed by atoms with Crippen LogP contribution >= 0.6 is 35.7 Å². The molecule has 0 aliphatic carbocycles. The number of hydrogen-bond donors (Lipinski definition) is 2. The second-order valence-corrected chi connectivity index (χ2v) is 8.17. The third-order valence-corrected chi connectivity index (χ3v) is 5.38. The second kappa shape index (κ2) is 12.9. The maximum absolute atomic E-state index is 13.5. The van der Waals surface area contributed by atoms with Gasteiger partial charge in [0.25, 0.3) is 0 Å². The van der Waals surface area contributed by atoms with Crippen LogP contribution < -0.4 is 10.6 Å². The van der Waals surface area contributed by atoms with Crippen LogP contribution in [0.25, 0.3) is 0 Å². The minimum Gasteiger partial charge on any atom is -0.379 e. The van der Waals surface area contributed by atoms with Crippen molar-refractivity contribution in [3.63, 3.8) is 0 Å². The van der Waals surface area contributed by atoms with E-state index in [1.54, 1.807) is 17.8 Å². The quantitative estimate of drug-likeness (QED) is 0.310. The maximum atomic E-state index is 13.5. The van der Waals surface area contributed by atoms with Crippen molar-refractivity contribution in [2.75, 3.05) is 45.6 Å². The molecule has 1 saturated heterocycles. The molecule has 2 rings (SSSR count). The minimum atomic E-state index is -0.191. The fourth-order valence-electron chi connectivity index (χ4n) is 3.13. The molecule has 1 heterocycles. The Morgan fingerprint density at radius 3 is 2.61 bits per heavy atom. The molecule has 28 heavy (non-hydrogen) atoms. The van der Waals surface area contributed by atoms with Gasteiger partial charge < -0.3 is 15.4 Å². The van der Waals surface area contributed by atoms with E-state index < -0.39 is 0 Å². The zero-order valence-electron chi connectivity index (χ0n) is 17.4. The van der Waals surface area contributed by atoms with Crippen molar-refractivity contribution in [1.82, 2.24) is 15.5 Å². The van der Waals surface area contributed by atoms with Crippen molar-refractivity contribution in [2.45, 2.75) is 38.6 Å². The average molecular weight is 524 g/mol. The molecule has 5 nitrogen and oxygen atoms in total. The van der Waals surface area contributed by atoms with Crippen LogP contribution in [-0.2, 0) is 17.0 Å². The SMILES string of the molecule is CCNC(=NCc1ccc(F)cc1CSC)NCC(C)(C)N1CCOCC1.I. The minimum absolute atomic E-state index is 0. The van der Waals surface area contributed by atoms with E-state index in [0.717, 1.165) is 62.2 Å². The number of benzene rings is 1. The molecule has 1 fully saturated rings. The monoisotopic (exact) mass is 524 g/mol. The fourth-order valence-corrected chi connectivity index (χ4v) is 3.70. The number of guanidine groups is 1. The number of morpholine rings is 1. The number of ether oxygens (including phenoxy) is 1. The Morgan fingerprint density at radius 1 is 1.25 bits per heavy atom. The fraction of sp³-hybridized carbons (Fsp3) is 0.650. The number of hydrogen-bond acceptors (Lipinski definition) is 4. The van der Waals surface area contributed by atoms with Gasteiger partial charge in [0.05, 0.1) is 19.8 Å². The largest absolute Gasteiger partial charge is 0.379 e. The third kappa shape index (κ3) is 8.04. The number of thioether (sulfide) groups is 1. The summed E-state index contributed by atoms with van der Waals surface area (Å²) in [5.41, 5.74) is 2.09. The normalized spacial score (nSPS) is 15.8. The molecule has 0 bridgehead atoms. The molecule has 0 aromatic heterocycles. The van der Waals surface area contributed by atoms with Crippen LogP contribution in [0.4, 0.5) is 4.39 Å². The highest BCUT2D eigenvalue weighted by Crippen LogP contribution is 2.18. The predicted molar refractivity (Wildman–Crippen MR) is 128 cm³/mol. The van der Waals surface area contributed by atoms with Gasteiger partial charge in [-0.2, -0.15) is 11.8 Å². The van der Waals surface area contributed by atoms with E-state index in [1.807, 2.05) is 12.3 Å². The van der Waals surface area contributed by atoms with Crippen molar-refractivity contribution in [3.05, 3.63) is 35.1 Å². The standard InChI is InChI=1S/C20H33FN4OS.HI/c1-5-22-19(24-15-20(2,3)25-8-10-26-11-9-25)23-13-16-6-7-18(21)12-17(16)14-27-4;/h6-7,12H,5,8-11,13-15H2,1-4H3,(H2,22,23,24);1H. The van der Waals surface area contributed by atoms with Gasteiger partial charge in [0.15, 0.2) is 5.96 Å². The van der Waals surface area contributed by atoms with Crippen LogP contribution in [0.1, 0.15) is 31.9 Å². The Kier molecular flexibility index (Phi) is 11.7. The van der Waals surface area contributed by atoms with E-state index in [0.29, 0.717) is 6.54 Å². The smallest absolute Gasteiger partial charge is 0.191 e. The van der Waals surface area contributed by atoms with E-state index in [-0.39, 0.29) is 35.3 Å². The Labute approximate surface area is 190 Å². The molecule has 0 unspecified atom stereocenters. The van der Waals surface area contributed by atoms with E-state index in [2.05, 4.69) is 36.3 Å². The molecule has 0 radical (unpaired) electrons. The Morgan fingerprint density at radius 2 is 1.96 bits per heavy atom. The number of aliphatic imine (C=N–C) groups is 1. The number of nitrogens with zero attached hydrogens (tertiary/aromatic N) is 2. The Balaban J connectivity index is 0.00000392. The lowest BCUT2D eigenvalue weighted by atomic mass is 10.0. The third-order valence-electron chi connectivity index (χ3n) is 4.78. The van der Waals surface area contributed by atoms with E-state index >= 15 is 0 Å². The molecule has 1 aliphatic heterocycles. The lowest BCUT2D eigenvalue weighted by molar-refractivity contribution is -0.00834. The second-order valence-electron chi connectivity index (χ2n) is 7.31. The number of nitrogens with one attached hydrogen (secondary N) is 2. The number of rotatable bonds is 8. The van der Waals surface area contributed by atoms with Crippen molar-refractivity contribution < 1.29 is 9.13 Å². The molecule has 0 amide bonds. The topological polar surface area (TPSA) is 48.9 Å². The zero-order valence-corrected chi connectivity index (χ0v) is 20.5.